The smallest absolute Gasteiger partial charge is 0.326 e. The van der Waals surface area contributed by atoms with E-state index >= 15 is 0 Å². The van der Waals surface area contributed by atoms with Crippen LogP contribution in [0.1, 0.15) is 29.0 Å². The van der Waals surface area contributed by atoms with Crippen molar-refractivity contribution in [2.45, 2.75) is 35.6 Å². The first-order chi connectivity index (χ1) is 14.7. The van der Waals surface area contributed by atoms with Crippen LogP contribution in [-0.4, -0.2) is 44.1 Å². The topological polar surface area (TPSA) is 149 Å². The molecule has 1 atom stereocenters. The first kappa shape index (κ1) is 22.0. The van der Waals surface area contributed by atoms with E-state index in [1.54, 1.807) is 43.3 Å². The first-order valence-electron chi connectivity index (χ1n) is 9.27. The van der Waals surface area contributed by atoms with Crippen LogP contribution in [0, 0.1) is 6.92 Å². The van der Waals surface area contributed by atoms with Crippen LogP contribution in [-0.2, 0) is 9.59 Å². The Kier molecular flexibility index (Phi) is 6.71. The Bertz CT molecular complexity index is 1210. The third-order valence-electron chi connectivity index (χ3n) is 4.40. The Balaban J connectivity index is 1.70. The van der Waals surface area contributed by atoms with Crippen molar-refractivity contribution in [1.82, 2.24) is 15.3 Å². The van der Waals surface area contributed by atoms with Crippen molar-refractivity contribution in [2.75, 3.05) is 0 Å². The monoisotopic (exact) mass is 441 g/mol. The minimum Gasteiger partial charge on any atom is -0.481 e. The summed E-state index contributed by atoms with van der Waals surface area (Å²) in [6.45, 7) is 1.71. The zero-order valence-corrected chi connectivity index (χ0v) is 17.2. The number of hydrogen-bond donors (Lipinski definition) is 4. The number of rotatable bonds is 8. The van der Waals surface area contributed by atoms with Crippen molar-refractivity contribution in [3.05, 3.63) is 64.2 Å². The number of aliphatic carboxylic acids is 2. The fraction of sp³-hybridized carbons (Fsp3) is 0.190. The molecule has 0 aliphatic heterocycles. The van der Waals surface area contributed by atoms with Crippen molar-refractivity contribution in [3.63, 3.8) is 0 Å². The van der Waals surface area contributed by atoms with Crippen molar-refractivity contribution in [2.24, 2.45) is 0 Å². The summed E-state index contributed by atoms with van der Waals surface area (Å²) in [5, 5.41) is 20.7. The molecule has 0 radical (unpaired) electrons. The Morgan fingerprint density at radius 1 is 1.10 bits per heavy atom. The summed E-state index contributed by atoms with van der Waals surface area (Å²) in [6.07, 6.45) is -0.573. The zero-order valence-electron chi connectivity index (χ0n) is 16.4. The number of carbonyl (C=O) groups is 3. The van der Waals surface area contributed by atoms with Gasteiger partial charge in [-0.25, -0.2) is 9.78 Å². The summed E-state index contributed by atoms with van der Waals surface area (Å²) >= 11 is 1.39. The average molecular weight is 441 g/mol. The fourth-order valence-electron chi connectivity index (χ4n) is 2.88. The number of H-pyrrole nitrogens is 1. The second-order valence-corrected chi connectivity index (χ2v) is 7.90. The molecule has 0 saturated carbocycles. The Morgan fingerprint density at radius 3 is 2.42 bits per heavy atom. The molecule has 0 aliphatic rings. The van der Waals surface area contributed by atoms with E-state index in [1.165, 1.54) is 11.8 Å². The number of carboxylic acid groups (broad SMARTS) is 2. The van der Waals surface area contributed by atoms with E-state index < -0.39 is 23.9 Å². The lowest BCUT2D eigenvalue weighted by molar-refractivity contribution is -0.140. The molecule has 3 aromatic rings. The molecule has 1 heterocycles. The molecule has 0 unspecified atom stereocenters. The van der Waals surface area contributed by atoms with Crippen molar-refractivity contribution < 1.29 is 24.6 Å². The summed E-state index contributed by atoms with van der Waals surface area (Å²) in [4.78, 5) is 54.9. The highest BCUT2D eigenvalue weighted by atomic mass is 32.2. The Labute approximate surface area is 180 Å². The molecule has 2 aromatic carbocycles. The zero-order chi connectivity index (χ0) is 22.5. The van der Waals surface area contributed by atoms with Gasteiger partial charge in [-0.2, -0.15) is 0 Å². The molecule has 0 spiro atoms. The molecule has 9 nitrogen and oxygen atoms in total. The highest BCUT2D eigenvalue weighted by molar-refractivity contribution is 7.99. The quantitative estimate of drug-likeness (QED) is 0.416. The van der Waals surface area contributed by atoms with Crippen molar-refractivity contribution in [3.8, 4) is 0 Å². The van der Waals surface area contributed by atoms with Gasteiger partial charge in [0.2, 0.25) is 0 Å². The summed E-state index contributed by atoms with van der Waals surface area (Å²) in [5.74, 6) is -2.49. The van der Waals surface area contributed by atoms with Crippen LogP contribution in [0.25, 0.3) is 10.9 Å². The van der Waals surface area contributed by atoms with Crippen LogP contribution in [0.15, 0.2) is 57.1 Å². The van der Waals surface area contributed by atoms with Gasteiger partial charge in [0.15, 0.2) is 0 Å². The SMILES string of the molecule is Cc1nc2ccc(Sc3ccc(C(=O)N[C@@H](CCC(=O)O)C(=O)O)cc3)cc2c(=O)[nH]1. The second kappa shape index (κ2) is 9.43. The van der Waals surface area contributed by atoms with Crippen molar-refractivity contribution >= 4 is 40.5 Å². The van der Waals surface area contributed by atoms with E-state index in [9.17, 15) is 19.2 Å². The third-order valence-corrected chi connectivity index (χ3v) is 5.40. The molecule has 4 N–H and O–H groups in total. The molecule has 1 aromatic heterocycles. The van der Waals surface area contributed by atoms with Crippen LogP contribution in [0.2, 0.25) is 0 Å². The number of benzene rings is 2. The highest BCUT2D eigenvalue weighted by Crippen LogP contribution is 2.29. The van der Waals surface area contributed by atoms with Gasteiger partial charge in [-0.3, -0.25) is 14.4 Å². The molecule has 3 rings (SSSR count). The largest absolute Gasteiger partial charge is 0.481 e. The van der Waals surface area contributed by atoms with Crippen LogP contribution >= 0.6 is 11.8 Å². The van der Waals surface area contributed by atoms with Gasteiger partial charge < -0.3 is 20.5 Å². The predicted octanol–water partition coefficient (Wildman–Crippen LogP) is 2.43. The van der Waals surface area contributed by atoms with Crippen LogP contribution < -0.4 is 10.9 Å². The summed E-state index contributed by atoms with van der Waals surface area (Å²) in [6, 6.07) is 10.6. The molecule has 0 saturated heterocycles. The molecule has 10 heteroatoms. The molecule has 31 heavy (non-hydrogen) atoms. The fourth-order valence-corrected chi connectivity index (χ4v) is 3.73. The van der Waals surface area contributed by atoms with Crippen LogP contribution in [0.3, 0.4) is 0 Å². The molecular formula is C21H19N3O6S. The lowest BCUT2D eigenvalue weighted by atomic mass is 10.1. The Hall–Kier alpha value is -3.66. The summed E-state index contributed by atoms with van der Waals surface area (Å²) < 4.78 is 0. The molecule has 0 aliphatic carbocycles. The summed E-state index contributed by atoms with van der Waals surface area (Å²) in [5.41, 5.74) is 0.641. The highest BCUT2D eigenvalue weighted by Gasteiger charge is 2.21. The third kappa shape index (κ3) is 5.70. The first-order valence-corrected chi connectivity index (χ1v) is 10.1. The maximum atomic E-state index is 12.3. The van der Waals surface area contributed by atoms with Gasteiger partial charge in [-0.1, -0.05) is 11.8 Å². The number of aromatic amines is 1. The van der Waals surface area contributed by atoms with Gasteiger partial charge in [0.25, 0.3) is 11.5 Å². The van der Waals surface area contributed by atoms with Gasteiger partial charge in [-0.15, -0.1) is 0 Å². The van der Waals surface area contributed by atoms with E-state index in [0.717, 1.165) is 9.79 Å². The van der Waals surface area contributed by atoms with Gasteiger partial charge in [0.05, 0.1) is 10.9 Å². The standard InChI is InChI=1S/C21H19N3O6S/c1-11-22-16-7-6-14(10-15(16)20(28)23-11)31-13-4-2-12(3-5-13)19(27)24-17(21(29)30)8-9-18(25)26/h2-7,10,17H,8-9H2,1H3,(H,24,27)(H,25,26)(H,29,30)(H,22,23,28)/t17-/m0/s1. The van der Waals surface area contributed by atoms with E-state index in [-0.39, 0.29) is 24.0 Å². The van der Waals surface area contributed by atoms with Gasteiger partial charge in [0.1, 0.15) is 11.9 Å². The maximum absolute atomic E-state index is 12.3. The van der Waals surface area contributed by atoms with E-state index in [2.05, 4.69) is 15.3 Å². The minimum atomic E-state index is -1.29. The molecule has 160 valence electrons. The maximum Gasteiger partial charge on any atom is 0.326 e. The number of hydrogen-bond acceptors (Lipinski definition) is 6. The molecular weight excluding hydrogens is 422 g/mol. The van der Waals surface area contributed by atoms with Gasteiger partial charge >= 0.3 is 11.9 Å². The lowest BCUT2D eigenvalue weighted by Gasteiger charge is -2.13. The number of nitrogens with zero attached hydrogens (tertiary/aromatic N) is 1. The van der Waals surface area contributed by atoms with Crippen molar-refractivity contribution in [1.29, 1.82) is 0 Å². The second-order valence-electron chi connectivity index (χ2n) is 6.75. The van der Waals surface area contributed by atoms with E-state index in [0.29, 0.717) is 16.7 Å². The predicted molar refractivity (Wildman–Crippen MR) is 113 cm³/mol. The number of aryl methyl sites for hydroxylation is 1. The molecule has 0 fully saturated rings. The lowest BCUT2D eigenvalue weighted by Crippen LogP contribution is -2.41. The van der Waals surface area contributed by atoms with Crippen LogP contribution in [0.4, 0.5) is 0 Å². The number of aromatic nitrogens is 2. The van der Waals surface area contributed by atoms with E-state index in [1.807, 2.05) is 6.07 Å². The van der Waals surface area contributed by atoms with E-state index in [4.69, 9.17) is 10.2 Å². The van der Waals surface area contributed by atoms with Gasteiger partial charge in [-0.05, 0) is 55.8 Å². The van der Waals surface area contributed by atoms with Crippen LogP contribution in [0.5, 0.6) is 0 Å². The number of amides is 1. The summed E-state index contributed by atoms with van der Waals surface area (Å²) in [7, 11) is 0. The normalized spacial score (nSPS) is 11.8. The van der Waals surface area contributed by atoms with Gasteiger partial charge in [0, 0.05) is 21.8 Å². The molecule has 1 amide bonds. The number of carboxylic acids is 2. The average Bonchev–Trinajstić information content (AvgIpc) is 2.71. The number of fused-ring (bicyclic) bond motifs is 1. The molecule has 0 bridgehead atoms. The Morgan fingerprint density at radius 2 is 1.77 bits per heavy atom. The number of nitrogens with one attached hydrogen (secondary N) is 2. The minimum absolute atomic E-state index is 0.209. The number of carbonyl (C=O) groups excluding carboxylic acids is 1.